The van der Waals surface area contributed by atoms with E-state index in [4.69, 9.17) is 0 Å². The standard InChI is InChI=1S/C14H22N4/c1-11(2)15-8-12(3)16-9-13-10-17-18-7-5-4-6-14(13)18/h4-7,10-12,15-16H,8-9H2,1-3H3. The zero-order chi connectivity index (χ0) is 13.0. The third-order valence-electron chi connectivity index (χ3n) is 2.98. The first-order valence-corrected chi connectivity index (χ1v) is 6.55. The Hall–Kier alpha value is -1.39. The first-order valence-electron chi connectivity index (χ1n) is 6.55. The first kappa shape index (κ1) is 13.1. The Balaban J connectivity index is 1.90. The summed E-state index contributed by atoms with van der Waals surface area (Å²) < 4.78 is 1.91. The van der Waals surface area contributed by atoms with Crippen molar-refractivity contribution < 1.29 is 0 Å². The van der Waals surface area contributed by atoms with Crippen LogP contribution in [-0.2, 0) is 6.54 Å². The molecule has 1 unspecified atom stereocenters. The fourth-order valence-corrected chi connectivity index (χ4v) is 1.89. The zero-order valence-electron chi connectivity index (χ0n) is 11.4. The van der Waals surface area contributed by atoms with E-state index in [1.165, 1.54) is 11.1 Å². The SMILES string of the molecule is CC(C)NCC(C)NCc1cnn2ccccc12. The molecule has 0 bridgehead atoms. The third kappa shape index (κ3) is 3.31. The van der Waals surface area contributed by atoms with E-state index in [2.05, 4.69) is 42.6 Å². The lowest BCUT2D eigenvalue weighted by Gasteiger charge is -2.16. The summed E-state index contributed by atoms with van der Waals surface area (Å²) in [7, 11) is 0. The highest BCUT2D eigenvalue weighted by atomic mass is 15.2. The van der Waals surface area contributed by atoms with Gasteiger partial charge in [0.25, 0.3) is 0 Å². The molecule has 0 saturated carbocycles. The molecule has 2 heterocycles. The number of nitrogens with one attached hydrogen (secondary N) is 2. The largest absolute Gasteiger partial charge is 0.313 e. The van der Waals surface area contributed by atoms with E-state index in [-0.39, 0.29) is 0 Å². The third-order valence-corrected chi connectivity index (χ3v) is 2.98. The number of rotatable bonds is 6. The van der Waals surface area contributed by atoms with Gasteiger partial charge >= 0.3 is 0 Å². The van der Waals surface area contributed by atoms with Gasteiger partial charge in [-0.3, -0.25) is 0 Å². The lowest BCUT2D eigenvalue weighted by Crippen LogP contribution is -2.38. The van der Waals surface area contributed by atoms with Crippen molar-refractivity contribution >= 4 is 5.52 Å². The highest BCUT2D eigenvalue weighted by Crippen LogP contribution is 2.09. The van der Waals surface area contributed by atoms with E-state index in [9.17, 15) is 0 Å². The molecular formula is C14H22N4. The maximum atomic E-state index is 4.33. The molecule has 18 heavy (non-hydrogen) atoms. The van der Waals surface area contributed by atoms with Crippen molar-refractivity contribution in [1.29, 1.82) is 0 Å². The lowest BCUT2D eigenvalue weighted by molar-refractivity contribution is 0.474. The predicted octanol–water partition coefficient (Wildman–Crippen LogP) is 1.81. The van der Waals surface area contributed by atoms with Gasteiger partial charge in [-0.05, 0) is 19.1 Å². The van der Waals surface area contributed by atoms with E-state index in [0.29, 0.717) is 12.1 Å². The van der Waals surface area contributed by atoms with Gasteiger partial charge in [0.2, 0.25) is 0 Å². The summed E-state index contributed by atoms with van der Waals surface area (Å²) >= 11 is 0. The number of aromatic nitrogens is 2. The minimum absolute atomic E-state index is 0.450. The number of hydrogen-bond acceptors (Lipinski definition) is 3. The summed E-state index contributed by atoms with van der Waals surface area (Å²) in [5, 5.41) is 11.3. The number of pyridine rings is 1. The van der Waals surface area contributed by atoms with Crippen molar-refractivity contribution in [2.45, 2.75) is 39.4 Å². The Bertz CT molecular complexity index is 489. The molecule has 0 aliphatic rings. The van der Waals surface area contributed by atoms with Crippen LogP contribution in [0, 0.1) is 0 Å². The Labute approximate surface area is 108 Å². The van der Waals surface area contributed by atoms with Gasteiger partial charge in [0.05, 0.1) is 11.7 Å². The van der Waals surface area contributed by atoms with Gasteiger partial charge in [0.1, 0.15) is 0 Å². The van der Waals surface area contributed by atoms with Gasteiger partial charge in [-0.25, -0.2) is 4.52 Å². The van der Waals surface area contributed by atoms with Crippen LogP contribution in [0.15, 0.2) is 30.6 Å². The lowest BCUT2D eigenvalue weighted by atomic mass is 10.2. The van der Waals surface area contributed by atoms with Crippen molar-refractivity contribution in [2.75, 3.05) is 6.54 Å². The maximum Gasteiger partial charge on any atom is 0.0706 e. The molecule has 0 saturated heterocycles. The van der Waals surface area contributed by atoms with Gasteiger partial charge in [0.15, 0.2) is 0 Å². The minimum atomic E-state index is 0.450. The topological polar surface area (TPSA) is 41.4 Å². The van der Waals surface area contributed by atoms with Crippen LogP contribution in [0.4, 0.5) is 0 Å². The van der Waals surface area contributed by atoms with Crippen LogP contribution in [0.3, 0.4) is 0 Å². The molecule has 2 rings (SSSR count). The Morgan fingerprint density at radius 1 is 1.22 bits per heavy atom. The molecular weight excluding hydrogens is 224 g/mol. The highest BCUT2D eigenvalue weighted by Gasteiger charge is 2.06. The molecule has 0 amide bonds. The molecule has 0 fully saturated rings. The van der Waals surface area contributed by atoms with Crippen molar-refractivity contribution in [3.63, 3.8) is 0 Å². The minimum Gasteiger partial charge on any atom is -0.313 e. The quantitative estimate of drug-likeness (QED) is 0.817. The molecule has 98 valence electrons. The fraction of sp³-hybridized carbons (Fsp3) is 0.500. The Kier molecular flexibility index (Phi) is 4.33. The van der Waals surface area contributed by atoms with Crippen molar-refractivity contribution in [3.05, 3.63) is 36.2 Å². The Morgan fingerprint density at radius 3 is 2.83 bits per heavy atom. The van der Waals surface area contributed by atoms with E-state index < -0.39 is 0 Å². The smallest absolute Gasteiger partial charge is 0.0706 e. The van der Waals surface area contributed by atoms with Crippen LogP contribution in [-0.4, -0.2) is 28.2 Å². The summed E-state index contributed by atoms with van der Waals surface area (Å²) in [6, 6.07) is 7.12. The maximum absolute atomic E-state index is 4.33. The molecule has 0 aliphatic heterocycles. The molecule has 2 N–H and O–H groups in total. The van der Waals surface area contributed by atoms with Crippen LogP contribution in [0.1, 0.15) is 26.3 Å². The van der Waals surface area contributed by atoms with E-state index in [1.807, 2.05) is 29.0 Å². The van der Waals surface area contributed by atoms with Crippen LogP contribution in [0.2, 0.25) is 0 Å². The molecule has 4 nitrogen and oxygen atoms in total. The molecule has 2 aromatic heterocycles. The number of fused-ring (bicyclic) bond motifs is 1. The van der Waals surface area contributed by atoms with Gasteiger partial charge < -0.3 is 10.6 Å². The van der Waals surface area contributed by atoms with Crippen molar-refractivity contribution in [1.82, 2.24) is 20.2 Å². The van der Waals surface area contributed by atoms with Crippen LogP contribution in [0.5, 0.6) is 0 Å². The Morgan fingerprint density at radius 2 is 2.06 bits per heavy atom. The van der Waals surface area contributed by atoms with Gasteiger partial charge in [-0.15, -0.1) is 0 Å². The van der Waals surface area contributed by atoms with Gasteiger partial charge in [0, 0.05) is 36.9 Å². The van der Waals surface area contributed by atoms with Crippen molar-refractivity contribution in [2.24, 2.45) is 0 Å². The molecule has 2 aromatic rings. The molecule has 0 aromatic carbocycles. The molecule has 0 aliphatic carbocycles. The molecule has 1 atom stereocenters. The summed E-state index contributed by atoms with van der Waals surface area (Å²) in [5.74, 6) is 0. The monoisotopic (exact) mass is 246 g/mol. The summed E-state index contributed by atoms with van der Waals surface area (Å²) in [6.45, 7) is 8.36. The normalized spacial score (nSPS) is 13.3. The highest BCUT2D eigenvalue weighted by molar-refractivity contribution is 5.53. The van der Waals surface area contributed by atoms with Crippen molar-refractivity contribution in [3.8, 4) is 0 Å². The second-order valence-corrected chi connectivity index (χ2v) is 5.05. The summed E-state index contributed by atoms with van der Waals surface area (Å²) in [6.07, 6.45) is 3.91. The molecule has 0 radical (unpaired) electrons. The van der Waals surface area contributed by atoms with Crippen LogP contribution >= 0.6 is 0 Å². The van der Waals surface area contributed by atoms with Crippen LogP contribution in [0.25, 0.3) is 5.52 Å². The second kappa shape index (κ2) is 5.98. The van der Waals surface area contributed by atoms with E-state index in [0.717, 1.165) is 13.1 Å². The fourth-order valence-electron chi connectivity index (χ4n) is 1.89. The number of hydrogen-bond donors (Lipinski definition) is 2. The second-order valence-electron chi connectivity index (χ2n) is 5.05. The predicted molar refractivity (Wildman–Crippen MR) is 74.6 cm³/mol. The van der Waals surface area contributed by atoms with E-state index >= 15 is 0 Å². The average Bonchev–Trinajstić information content (AvgIpc) is 2.77. The zero-order valence-corrected chi connectivity index (χ0v) is 11.4. The average molecular weight is 246 g/mol. The van der Waals surface area contributed by atoms with E-state index in [1.54, 1.807) is 0 Å². The summed E-state index contributed by atoms with van der Waals surface area (Å²) in [4.78, 5) is 0. The number of nitrogens with zero attached hydrogens (tertiary/aromatic N) is 2. The van der Waals surface area contributed by atoms with Crippen LogP contribution < -0.4 is 10.6 Å². The van der Waals surface area contributed by atoms with Gasteiger partial charge in [-0.1, -0.05) is 19.9 Å². The first-order chi connectivity index (χ1) is 8.66. The summed E-state index contributed by atoms with van der Waals surface area (Å²) in [5.41, 5.74) is 2.42. The molecule has 0 spiro atoms. The van der Waals surface area contributed by atoms with Gasteiger partial charge in [-0.2, -0.15) is 5.10 Å². The molecule has 4 heteroatoms.